The highest BCUT2D eigenvalue weighted by molar-refractivity contribution is 7.91. The zero-order valence-electron chi connectivity index (χ0n) is 12.0. The Hall–Kier alpha value is 0.200. The van der Waals surface area contributed by atoms with E-state index in [9.17, 15) is 8.42 Å². The Labute approximate surface area is 127 Å². The van der Waals surface area contributed by atoms with E-state index in [4.69, 9.17) is 16.3 Å². The Kier molecular flexibility index (Phi) is 4.36. The maximum absolute atomic E-state index is 11.6. The highest BCUT2D eigenvalue weighted by Gasteiger charge is 2.43. The van der Waals surface area contributed by atoms with Crippen LogP contribution in [-0.4, -0.2) is 37.5 Å². The van der Waals surface area contributed by atoms with Gasteiger partial charge in [-0.25, -0.2) is 8.42 Å². The summed E-state index contributed by atoms with van der Waals surface area (Å²) in [4.78, 5) is 0. The molecule has 20 heavy (non-hydrogen) atoms. The van der Waals surface area contributed by atoms with Crippen LogP contribution in [0.4, 0.5) is 0 Å². The van der Waals surface area contributed by atoms with Crippen molar-refractivity contribution >= 4 is 21.4 Å². The van der Waals surface area contributed by atoms with Crippen molar-refractivity contribution in [3.05, 3.63) is 0 Å². The van der Waals surface area contributed by atoms with Gasteiger partial charge in [-0.05, 0) is 50.4 Å². The number of halogens is 1. The van der Waals surface area contributed by atoms with Crippen LogP contribution in [-0.2, 0) is 14.6 Å². The molecule has 0 aromatic rings. The lowest BCUT2D eigenvalue weighted by molar-refractivity contribution is -0.0453. The number of ether oxygens (including phenoxy) is 1. The minimum Gasteiger partial charge on any atom is -0.372 e. The van der Waals surface area contributed by atoms with Crippen molar-refractivity contribution in [1.82, 2.24) is 0 Å². The van der Waals surface area contributed by atoms with Crippen LogP contribution in [0.1, 0.15) is 51.4 Å². The first-order chi connectivity index (χ1) is 9.52. The molecule has 3 aliphatic rings. The maximum atomic E-state index is 11.6. The van der Waals surface area contributed by atoms with Gasteiger partial charge >= 0.3 is 0 Å². The van der Waals surface area contributed by atoms with Crippen LogP contribution in [0.15, 0.2) is 0 Å². The van der Waals surface area contributed by atoms with Gasteiger partial charge in [0.15, 0.2) is 9.84 Å². The normalized spacial score (nSPS) is 36.6. The Morgan fingerprint density at radius 3 is 2.55 bits per heavy atom. The van der Waals surface area contributed by atoms with E-state index < -0.39 is 9.84 Å². The van der Waals surface area contributed by atoms with E-state index >= 15 is 0 Å². The number of rotatable bonds is 4. The Morgan fingerprint density at radius 1 is 1.20 bits per heavy atom. The van der Waals surface area contributed by atoms with Gasteiger partial charge in [0.1, 0.15) is 0 Å². The van der Waals surface area contributed by atoms with Crippen LogP contribution in [0.5, 0.6) is 0 Å². The maximum Gasteiger partial charge on any atom is 0.150 e. The minimum absolute atomic E-state index is 0.170. The molecule has 3 atom stereocenters. The highest BCUT2D eigenvalue weighted by atomic mass is 35.5. The molecule has 0 amide bonds. The monoisotopic (exact) mass is 320 g/mol. The van der Waals surface area contributed by atoms with Gasteiger partial charge in [-0.2, -0.15) is 0 Å². The zero-order chi connectivity index (χ0) is 14.2. The van der Waals surface area contributed by atoms with E-state index in [1.54, 1.807) is 0 Å². The van der Waals surface area contributed by atoms with Crippen molar-refractivity contribution in [2.24, 2.45) is 11.8 Å². The Bertz CT molecular complexity index is 442. The molecule has 3 unspecified atom stereocenters. The van der Waals surface area contributed by atoms with E-state index in [1.807, 2.05) is 0 Å². The lowest BCUT2D eigenvalue weighted by atomic mass is 9.88. The third-order valence-corrected chi connectivity index (χ3v) is 7.74. The predicted molar refractivity (Wildman–Crippen MR) is 80.9 cm³/mol. The Balaban J connectivity index is 1.56. The van der Waals surface area contributed by atoms with Crippen molar-refractivity contribution in [2.75, 3.05) is 17.4 Å². The molecule has 0 aromatic carbocycles. The molecule has 1 spiro atoms. The van der Waals surface area contributed by atoms with Gasteiger partial charge < -0.3 is 4.74 Å². The molecular formula is C15H25ClO3S. The number of alkyl halides is 1. The summed E-state index contributed by atoms with van der Waals surface area (Å²) in [5.41, 5.74) is 0.170. The molecule has 3 nitrogen and oxygen atoms in total. The molecule has 2 saturated heterocycles. The number of sulfone groups is 1. The van der Waals surface area contributed by atoms with E-state index in [2.05, 4.69) is 0 Å². The largest absolute Gasteiger partial charge is 0.372 e. The summed E-state index contributed by atoms with van der Waals surface area (Å²) in [6.45, 7) is 0. The first-order valence-corrected chi connectivity index (χ1v) is 10.3. The third-order valence-electron chi connectivity index (χ3n) is 5.55. The zero-order valence-corrected chi connectivity index (χ0v) is 13.6. The smallest absolute Gasteiger partial charge is 0.150 e. The van der Waals surface area contributed by atoms with Gasteiger partial charge in [0.25, 0.3) is 0 Å². The van der Waals surface area contributed by atoms with Crippen molar-refractivity contribution in [3.63, 3.8) is 0 Å². The predicted octanol–water partition coefficient (Wildman–Crippen LogP) is 3.16. The molecular weight excluding hydrogens is 296 g/mol. The summed E-state index contributed by atoms with van der Waals surface area (Å²) in [6, 6.07) is 0. The molecule has 3 fully saturated rings. The fourth-order valence-electron chi connectivity index (χ4n) is 4.36. The average Bonchev–Trinajstić information content (AvgIpc) is 3.10. The van der Waals surface area contributed by atoms with Crippen LogP contribution in [0.25, 0.3) is 0 Å². The van der Waals surface area contributed by atoms with Crippen LogP contribution in [0, 0.1) is 11.8 Å². The molecule has 0 N–H and O–H groups in total. The summed E-state index contributed by atoms with van der Waals surface area (Å²) in [6.07, 6.45) is 9.39. The summed E-state index contributed by atoms with van der Waals surface area (Å²) in [5, 5.41) is 0. The molecule has 0 radical (unpaired) electrons. The molecule has 3 rings (SSSR count). The fraction of sp³-hybridized carbons (Fsp3) is 1.00. The quantitative estimate of drug-likeness (QED) is 0.747. The van der Waals surface area contributed by atoms with Crippen molar-refractivity contribution in [2.45, 2.75) is 63.1 Å². The lowest BCUT2D eigenvalue weighted by Gasteiger charge is -2.27. The van der Waals surface area contributed by atoms with Gasteiger partial charge in [-0.3, -0.25) is 0 Å². The molecule has 2 heterocycles. The Morgan fingerprint density at radius 2 is 1.95 bits per heavy atom. The summed E-state index contributed by atoms with van der Waals surface area (Å²) in [7, 11) is -2.81. The van der Waals surface area contributed by atoms with Crippen molar-refractivity contribution in [1.29, 1.82) is 0 Å². The summed E-state index contributed by atoms with van der Waals surface area (Å²) < 4.78 is 29.6. The summed E-state index contributed by atoms with van der Waals surface area (Å²) in [5.74, 6) is 1.80. The third kappa shape index (κ3) is 3.17. The topological polar surface area (TPSA) is 43.4 Å². The van der Waals surface area contributed by atoms with Gasteiger partial charge in [-0.1, -0.05) is 12.8 Å². The van der Waals surface area contributed by atoms with Crippen LogP contribution >= 0.6 is 11.6 Å². The van der Waals surface area contributed by atoms with E-state index in [1.165, 1.54) is 32.1 Å². The first kappa shape index (κ1) is 15.1. The molecule has 116 valence electrons. The van der Waals surface area contributed by atoms with Gasteiger partial charge in [0.2, 0.25) is 0 Å². The average molecular weight is 321 g/mol. The molecule has 0 aromatic heterocycles. The highest BCUT2D eigenvalue weighted by Crippen LogP contribution is 2.45. The standard InChI is InChI=1S/C15H25ClO3S/c16-10-13(12-4-8-20(17,18)11-12)9-14-3-7-15(19-14)5-1-2-6-15/h12-14H,1-11H2. The second kappa shape index (κ2) is 5.77. The molecule has 0 bridgehead atoms. The van der Waals surface area contributed by atoms with Gasteiger partial charge in [-0.15, -0.1) is 11.6 Å². The van der Waals surface area contributed by atoms with Crippen LogP contribution in [0.2, 0.25) is 0 Å². The van der Waals surface area contributed by atoms with E-state index in [0.29, 0.717) is 29.4 Å². The molecule has 5 heteroatoms. The molecule has 2 aliphatic heterocycles. The summed E-state index contributed by atoms with van der Waals surface area (Å²) >= 11 is 6.12. The van der Waals surface area contributed by atoms with E-state index in [0.717, 1.165) is 19.3 Å². The van der Waals surface area contributed by atoms with Gasteiger partial charge in [0, 0.05) is 5.88 Å². The van der Waals surface area contributed by atoms with E-state index in [-0.39, 0.29) is 11.5 Å². The molecule has 1 saturated carbocycles. The van der Waals surface area contributed by atoms with Crippen molar-refractivity contribution in [3.8, 4) is 0 Å². The SMILES string of the molecule is O=S1(=O)CCC(C(CCl)CC2CCC3(CCCC3)O2)C1. The van der Waals surface area contributed by atoms with Crippen LogP contribution in [0.3, 0.4) is 0 Å². The fourth-order valence-corrected chi connectivity index (χ4v) is 6.66. The second-order valence-electron chi connectivity index (χ2n) is 6.98. The lowest BCUT2D eigenvalue weighted by Crippen LogP contribution is -2.28. The van der Waals surface area contributed by atoms with Crippen molar-refractivity contribution < 1.29 is 13.2 Å². The minimum atomic E-state index is -2.81. The second-order valence-corrected chi connectivity index (χ2v) is 9.52. The van der Waals surface area contributed by atoms with Crippen LogP contribution < -0.4 is 0 Å². The van der Waals surface area contributed by atoms with Gasteiger partial charge in [0.05, 0.1) is 23.2 Å². The molecule has 1 aliphatic carbocycles. The first-order valence-electron chi connectivity index (χ1n) is 7.96. The number of hydrogen-bond donors (Lipinski definition) is 0. The number of hydrogen-bond acceptors (Lipinski definition) is 3.